The Hall–Kier alpha value is -2.16. The molecule has 0 amide bonds. The third-order valence-electron chi connectivity index (χ3n) is 2.85. The number of rotatable bonds is 1. The minimum atomic E-state index is -0.192. The SMILES string of the molecule is Cc1ccc(C)c(-c2ccc(O)c(O)c2)c1O. The highest BCUT2D eigenvalue weighted by Gasteiger charge is 2.11. The molecule has 0 radical (unpaired) electrons. The lowest BCUT2D eigenvalue weighted by Crippen LogP contribution is -1.87. The second-order valence-electron chi connectivity index (χ2n) is 4.13. The van der Waals surface area contributed by atoms with Gasteiger partial charge in [-0.2, -0.15) is 0 Å². The summed E-state index contributed by atoms with van der Waals surface area (Å²) < 4.78 is 0. The van der Waals surface area contributed by atoms with Crippen molar-refractivity contribution in [2.45, 2.75) is 13.8 Å². The van der Waals surface area contributed by atoms with Gasteiger partial charge in [0, 0.05) is 5.56 Å². The van der Waals surface area contributed by atoms with Gasteiger partial charge in [0.25, 0.3) is 0 Å². The molecule has 17 heavy (non-hydrogen) atoms. The van der Waals surface area contributed by atoms with E-state index < -0.39 is 0 Å². The standard InChI is InChI=1S/C14H14O3/c1-8-3-4-9(2)14(17)13(8)10-5-6-11(15)12(16)7-10/h3-7,15-17H,1-2H3. The molecule has 2 aromatic carbocycles. The van der Waals surface area contributed by atoms with Crippen LogP contribution in [-0.4, -0.2) is 15.3 Å². The molecule has 0 bridgehead atoms. The topological polar surface area (TPSA) is 60.7 Å². The molecular formula is C14H14O3. The molecule has 0 aromatic heterocycles. The van der Waals surface area contributed by atoms with E-state index >= 15 is 0 Å². The van der Waals surface area contributed by atoms with Crippen molar-refractivity contribution in [2.75, 3.05) is 0 Å². The zero-order valence-electron chi connectivity index (χ0n) is 9.73. The van der Waals surface area contributed by atoms with E-state index in [2.05, 4.69) is 0 Å². The molecule has 0 saturated heterocycles. The van der Waals surface area contributed by atoms with Crippen LogP contribution in [0, 0.1) is 13.8 Å². The van der Waals surface area contributed by atoms with Crippen LogP contribution in [0.1, 0.15) is 11.1 Å². The third-order valence-corrected chi connectivity index (χ3v) is 2.85. The van der Waals surface area contributed by atoms with Crippen molar-refractivity contribution in [1.82, 2.24) is 0 Å². The third kappa shape index (κ3) is 1.91. The number of aryl methyl sites for hydroxylation is 2. The van der Waals surface area contributed by atoms with Gasteiger partial charge in [-0.3, -0.25) is 0 Å². The van der Waals surface area contributed by atoms with Crippen LogP contribution in [0.2, 0.25) is 0 Å². The zero-order chi connectivity index (χ0) is 12.6. The Labute approximate surface area is 99.6 Å². The van der Waals surface area contributed by atoms with E-state index in [4.69, 9.17) is 0 Å². The molecule has 3 nitrogen and oxygen atoms in total. The van der Waals surface area contributed by atoms with Crippen molar-refractivity contribution in [1.29, 1.82) is 0 Å². The summed E-state index contributed by atoms with van der Waals surface area (Å²) in [5, 5.41) is 28.8. The summed E-state index contributed by atoms with van der Waals surface area (Å²) >= 11 is 0. The lowest BCUT2D eigenvalue weighted by molar-refractivity contribution is 0.404. The Morgan fingerprint density at radius 3 is 2.06 bits per heavy atom. The Bertz CT molecular complexity index is 574. The van der Waals surface area contributed by atoms with Gasteiger partial charge in [0.2, 0.25) is 0 Å². The first-order chi connectivity index (χ1) is 8.00. The molecule has 2 aromatic rings. The molecule has 2 rings (SSSR count). The monoisotopic (exact) mass is 230 g/mol. The van der Waals surface area contributed by atoms with Crippen molar-refractivity contribution in [3.63, 3.8) is 0 Å². The van der Waals surface area contributed by atoms with Gasteiger partial charge in [0.05, 0.1) is 0 Å². The summed E-state index contributed by atoms with van der Waals surface area (Å²) in [6.07, 6.45) is 0. The van der Waals surface area contributed by atoms with E-state index in [0.29, 0.717) is 11.1 Å². The number of benzene rings is 2. The molecule has 88 valence electrons. The van der Waals surface area contributed by atoms with Crippen molar-refractivity contribution in [3.8, 4) is 28.4 Å². The van der Waals surface area contributed by atoms with Crippen LogP contribution in [0.25, 0.3) is 11.1 Å². The molecule has 0 heterocycles. The van der Waals surface area contributed by atoms with Gasteiger partial charge in [-0.05, 0) is 42.7 Å². The minimum Gasteiger partial charge on any atom is -0.507 e. The number of phenols is 3. The van der Waals surface area contributed by atoms with Crippen LogP contribution < -0.4 is 0 Å². The van der Waals surface area contributed by atoms with Gasteiger partial charge in [-0.25, -0.2) is 0 Å². The molecule has 0 unspecified atom stereocenters. The smallest absolute Gasteiger partial charge is 0.158 e. The first kappa shape index (κ1) is 11.3. The molecular weight excluding hydrogens is 216 g/mol. The van der Waals surface area contributed by atoms with E-state index in [1.165, 1.54) is 12.1 Å². The van der Waals surface area contributed by atoms with Crippen LogP contribution in [0.15, 0.2) is 30.3 Å². The van der Waals surface area contributed by atoms with Crippen molar-refractivity contribution >= 4 is 0 Å². The van der Waals surface area contributed by atoms with Crippen molar-refractivity contribution in [3.05, 3.63) is 41.5 Å². The predicted octanol–water partition coefficient (Wildman–Crippen LogP) is 3.09. The predicted molar refractivity (Wildman–Crippen MR) is 66.3 cm³/mol. The number of hydrogen-bond donors (Lipinski definition) is 3. The second-order valence-corrected chi connectivity index (χ2v) is 4.13. The molecule has 0 fully saturated rings. The van der Waals surface area contributed by atoms with Crippen LogP contribution in [0.5, 0.6) is 17.2 Å². The van der Waals surface area contributed by atoms with E-state index in [1.54, 1.807) is 6.07 Å². The van der Waals surface area contributed by atoms with E-state index in [9.17, 15) is 15.3 Å². The summed E-state index contributed by atoms with van der Waals surface area (Å²) in [6, 6.07) is 8.27. The molecule has 0 aliphatic carbocycles. The lowest BCUT2D eigenvalue weighted by atomic mass is 9.96. The molecule has 0 spiro atoms. The Morgan fingerprint density at radius 2 is 1.41 bits per heavy atom. The quantitative estimate of drug-likeness (QED) is 0.660. The molecule has 0 saturated carbocycles. The fraction of sp³-hybridized carbons (Fsp3) is 0.143. The molecule has 3 heteroatoms. The maximum absolute atomic E-state index is 10.0. The Kier molecular flexibility index (Phi) is 2.68. The number of hydrogen-bond acceptors (Lipinski definition) is 3. The van der Waals surface area contributed by atoms with Gasteiger partial charge in [0.15, 0.2) is 11.5 Å². The van der Waals surface area contributed by atoms with Crippen molar-refractivity contribution in [2.24, 2.45) is 0 Å². The molecule has 0 atom stereocenters. The average molecular weight is 230 g/mol. The summed E-state index contributed by atoms with van der Waals surface area (Å²) in [6.45, 7) is 3.71. The van der Waals surface area contributed by atoms with Crippen molar-refractivity contribution < 1.29 is 15.3 Å². The molecule has 3 N–H and O–H groups in total. The fourth-order valence-electron chi connectivity index (χ4n) is 1.84. The van der Waals surface area contributed by atoms with Gasteiger partial charge >= 0.3 is 0 Å². The van der Waals surface area contributed by atoms with E-state index in [1.807, 2.05) is 26.0 Å². The molecule has 0 aliphatic heterocycles. The van der Waals surface area contributed by atoms with Crippen LogP contribution in [0.3, 0.4) is 0 Å². The summed E-state index contributed by atoms with van der Waals surface area (Å²) in [5.74, 6) is -0.156. The van der Waals surface area contributed by atoms with Gasteiger partial charge in [-0.15, -0.1) is 0 Å². The number of phenolic OH excluding ortho intramolecular Hbond substituents is 3. The lowest BCUT2D eigenvalue weighted by Gasteiger charge is -2.11. The van der Waals surface area contributed by atoms with E-state index in [-0.39, 0.29) is 17.2 Å². The first-order valence-corrected chi connectivity index (χ1v) is 5.32. The molecule has 0 aliphatic rings. The largest absolute Gasteiger partial charge is 0.507 e. The Balaban J connectivity index is 2.68. The number of aromatic hydroxyl groups is 3. The van der Waals surface area contributed by atoms with Crippen LogP contribution >= 0.6 is 0 Å². The minimum absolute atomic E-state index is 0.168. The highest BCUT2D eigenvalue weighted by molar-refractivity contribution is 5.76. The van der Waals surface area contributed by atoms with Gasteiger partial charge < -0.3 is 15.3 Å². The first-order valence-electron chi connectivity index (χ1n) is 5.32. The summed E-state index contributed by atoms with van der Waals surface area (Å²) in [7, 11) is 0. The summed E-state index contributed by atoms with van der Waals surface area (Å²) in [5.41, 5.74) is 3.05. The van der Waals surface area contributed by atoms with Gasteiger partial charge in [0.1, 0.15) is 5.75 Å². The summed E-state index contributed by atoms with van der Waals surface area (Å²) in [4.78, 5) is 0. The highest BCUT2D eigenvalue weighted by Crippen LogP contribution is 2.38. The van der Waals surface area contributed by atoms with E-state index in [0.717, 1.165) is 11.1 Å². The fourth-order valence-corrected chi connectivity index (χ4v) is 1.84. The Morgan fingerprint density at radius 1 is 0.765 bits per heavy atom. The zero-order valence-corrected chi connectivity index (χ0v) is 9.73. The second kappa shape index (κ2) is 4.01. The average Bonchev–Trinajstić information content (AvgIpc) is 2.29. The maximum atomic E-state index is 10.0. The normalized spacial score (nSPS) is 10.5. The maximum Gasteiger partial charge on any atom is 0.158 e. The van der Waals surface area contributed by atoms with Gasteiger partial charge in [-0.1, -0.05) is 18.2 Å². The highest BCUT2D eigenvalue weighted by atomic mass is 16.3. The van der Waals surface area contributed by atoms with Crippen LogP contribution in [0.4, 0.5) is 0 Å². The van der Waals surface area contributed by atoms with Crippen LogP contribution in [-0.2, 0) is 0 Å².